The maximum absolute atomic E-state index is 12.6. The van der Waals surface area contributed by atoms with Crippen molar-refractivity contribution in [3.63, 3.8) is 0 Å². The minimum absolute atomic E-state index is 0.0388. The number of alkyl halides is 3. The number of hydrogen-bond donors (Lipinski definition) is 0. The first kappa shape index (κ1) is 11.1. The number of nitrogens with zero attached hydrogens (tertiary/aromatic N) is 1. The molecule has 1 saturated carbocycles. The van der Waals surface area contributed by atoms with Gasteiger partial charge in [0, 0.05) is 18.5 Å². The number of carbonyl (C=O) groups is 1. The van der Waals surface area contributed by atoms with Gasteiger partial charge in [-0.25, -0.2) is 0 Å². The first-order valence-corrected chi connectivity index (χ1v) is 5.02. The van der Waals surface area contributed by atoms with E-state index in [0.717, 1.165) is 18.9 Å². The van der Waals surface area contributed by atoms with Crippen LogP contribution in [0.3, 0.4) is 0 Å². The Morgan fingerprint density at radius 2 is 2.12 bits per heavy atom. The third kappa shape index (κ3) is 2.40. The molecule has 0 spiro atoms. The van der Waals surface area contributed by atoms with Gasteiger partial charge in [0.1, 0.15) is 5.78 Å². The van der Waals surface area contributed by atoms with Crippen molar-refractivity contribution >= 4 is 5.78 Å². The van der Waals surface area contributed by atoms with Crippen LogP contribution in [0.1, 0.15) is 24.1 Å². The number of hydrogen-bond acceptors (Lipinski definition) is 2. The Hall–Kier alpha value is -1.39. The molecule has 0 amide bonds. The Bertz CT molecular complexity index is 410. The van der Waals surface area contributed by atoms with Crippen LogP contribution in [0.4, 0.5) is 13.2 Å². The van der Waals surface area contributed by atoms with Crippen molar-refractivity contribution in [1.82, 2.24) is 4.98 Å². The summed E-state index contributed by atoms with van der Waals surface area (Å²) in [5, 5.41) is 0. The van der Waals surface area contributed by atoms with Gasteiger partial charge in [-0.05, 0) is 25.0 Å². The van der Waals surface area contributed by atoms with E-state index in [4.69, 9.17) is 0 Å². The number of pyridine rings is 1. The fraction of sp³-hybridized carbons (Fsp3) is 0.455. The van der Waals surface area contributed by atoms with Crippen molar-refractivity contribution in [2.45, 2.75) is 25.4 Å². The van der Waals surface area contributed by atoms with Crippen molar-refractivity contribution < 1.29 is 18.0 Å². The van der Waals surface area contributed by atoms with Crippen LogP contribution in [0.5, 0.6) is 0 Å². The quantitative estimate of drug-likeness (QED) is 0.797. The van der Waals surface area contributed by atoms with Gasteiger partial charge in [0.15, 0.2) is 0 Å². The topological polar surface area (TPSA) is 30.0 Å². The second-order valence-electron chi connectivity index (χ2n) is 3.91. The molecule has 1 aliphatic rings. The molecule has 0 aromatic carbocycles. The monoisotopic (exact) mass is 229 g/mol. The molecule has 1 fully saturated rings. The Kier molecular flexibility index (Phi) is 2.69. The number of rotatable bonds is 3. The lowest BCUT2D eigenvalue weighted by atomic mass is 10.1. The number of halogens is 3. The first-order chi connectivity index (χ1) is 7.48. The lowest BCUT2D eigenvalue weighted by Gasteiger charge is -2.10. The summed E-state index contributed by atoms with van der Waals surface area (Å²) in [6, 6.07) is 2.19. The van der Waals surface area contributed by atoms with Crippen LogP contribution in [0.2, 0.25) is 0 Å². The molecule has 1 aliphatic carbocycles. The van der Waals surface area contributed by atoms with Gasteiger partial charge in [-0.15, -0.1) is 0 Å². The summed E-state index contributed by atoms with van der Waals surface area (Å²) in [6.07, 6.45) is -1.77. The lowest BCUT2D eigenvalue weighted by molar-refractivity contribution is -0.138. The van der Waals surface area contributed by atoms with E-state index in [-0.39, 0.29) is 23.8 Å². The highest BCUT2D eigenvalue weighted by Crippen LogP contribution is 2.34. The van der Waals surface area contributed by atoms with Crippen LogP contribution in [-0.2, 0) is 17.4 Å². The molecular weight excluding hydrogens is 219 g/mol. The highest BCUT2D eigenvalue weighted by Gasteiger charge is 2.36. The van der Waals surface area contributed by atoms with Crippen molar-refractivity contribution in [2.24, 2.45) is 5.92 Å². The summed E-state index contributed by atoms with van der Waals surface area (Å²) >= 11 is 0. The fourth-order valence-electron chi connectivity index (χ4n) is 1.55. The SMILES string of the molecule is O=C(Cc1ncccc1C(F)(F)F)C1CC1. The Morgan fingerprint density at radius 3 is 2.69 bits per heavy atom. The summed E-state index contributed by atoms with van der Waals surface area (Å²) in [5.41, 5.74) is -0.962. The zero-order chi connectivity index (χ0) is 11.8. The number of aromatic nitrogens is 1. The van der Waals surface area contributed by atoms with Crippen LogP contribution >= 0.6 is 0 Å². The standard InChI is InChI=1S/C11H10F3NO/c12-11(13,14)8-2-1-5-15-9(8)6-10(16)7-3-4-7/h1-2,5,7H,3-4,6H2. The van der Waals surface area contributed by atoms with Crippen LogP contribution in [0.15, 0.2) is 18.3 Å². The molecule has 86 valence electrons. The van der Waals surface area contributed by atoms with E-state index in [2.05, 4.69) is 4.98 Å². The zero-order valence-corrected chi connectivity index (χ0v) is 8.42. The summed E-state index contributed by atoms with van der Waals surface area (Å²) in [7, 11) is 0. The molecule has 2 rings (SSSR count). The van der Waals surface area contributed by atoms with E-state index >= 15 is 0 Å². The van der Waals surface area contributed by atoms with E-state index < -0.39 is 11.7 Å². The van der Waals surface area contributed by atoms with E-state index in [1.807, 2.05) is 0 Å². The molecule has 0 radical (unpaired) electrons. The molecule has 2 nitrogen and oxygen atoms in total. The minimum atomic E-state index is -4.44. The molecule has 0 bridgehead atoms. The molecule has 1 aromatic heterocycles. The fourth-order valence-corrected chi connectivity index (χ4v) is 1.55. The van der Waals surface area contributed by atoms with Crippen LogP contribution in [0.25, 0.3) is 0 Å². The Morgan fingerprint density at radius 1 is 1.44 bits per heavy atom. The number of carbonyl (C=O) groups excluding carboxylic acids is 1. The highest BCUT2D eigenvalue weighted by molar-refractivity contribution is 5.85. The van der Waals surface area contributed by atoms with Crippen LogP contribution in [0, 0.1) is 5.92 Å². The maximum atomic E-state index is 12.6. The predicted octanol–water partition coefficient (Wildman–Crippen LogP) is 2.62. The molecule has 0 saturated heterocycles. The predicted molar refractivity (Wildman–Crippen MR) is 50.7 cm³/mol. The average molecular weight is 229 g/mol. The molecular formula is C11H10F3NO. The van der Waals surface area contributed by atoms with Crippen molar-refractivity contribution in [1.29, 1.82) is 0 Å². The van der Waals surface area contributed by atoms with Gasteiger partial charge in [0.25, 0.3) is 0 Å². The van der Waals surface area contributed by atoms with Gasteiger partial charge in [0.05, 0.1) is 11.3 Å². The summed E-state index contributed by atoms with van der Waals surface area (Å²) in [6.45, 7) is 0. The lowest BCUT2D eigenvalue weighted by Crippen LogP contribution is -2.14. The van der Waals surface area contributed by atoms with Gasteiger partial charge >= 0.3 is 6.18 Å². The van der Waals surface area contributed by atoms with Gasteiger partial charge < -0.3 is 0 Å². The van der Waals surface area contributed by atoms with Crippen LogP contribution in [-0.4, -0.2) is 10.8 Å². The van der Waals surface area contributed by atoms with E-state index in [9.17, 15) is 18.0 Å². The second kappa shape index (κ2) is 3.88. The molecule has 5 heteroatoms. The number of ketones is 1. The van der Waals surface area contributed by atoms with E-state index in [1.165, 1.54) is 12.3 Å². The molecule has 0 unspecified atom stereocenters. The second-order valence-corrected chi connectivity index (χ2v) is 3.91. The normalized spacial score (nSPS) is 16.2. The van der Waals surface area contributed by atoms with Crippen LogP contribution < -0.4 is 0 Å². The van der Waals surface area contributed by atoms with Gasteiger partial charge in [-0.3, -0.25) is 9.78 Å². The smallest absolute Gasteiger partial charge is 0.299 e. The Balaban J connectivity index is 2.22. The number of Topliss-reactive ketones (excluding diaryl/α,β-unsaturated/α-hetero) is 1. The molecule has 16 heavy (non-hydrogen) atoms. The largest absolute Gasteiger partial charge is 0.418 e. The third-order valence-corrected chi connectivity index (χ3v) is 2.57. The molecule has 1 aromatic rings. The molecule has 0 aliphatic heterocycles. The highest BCUT2D eigenvalue weighted by atomic mass is 19.4. The van der Waals surface area contributed by atoms with Gasteiger partial charge in [0.2, 0.25) is 0 Å². The first-order valence-electron chi connectivity index (χ1n) is 5.02. The average Bonchev–Trinajstić information content (AvgIpc) is 2.99. The van der Waals surface area contributed by atoms with Crippen molar-refractivity contribution in [3.05, 3.63) is 29.6 Å². The summed E-state index contributed by atoms with van der Waals surface area (Å²) < 4.78 is 37.7. The molecule has 1 heterocycles. The minimum Gasteiger partial charge on any atom is -0.299 e. The molecule has 0 atom stereocenters. The summed E-state index contributed by atoms with van der Waals surface area (Å²) in [4.78, 5) is 15.1. The van der Waals surface area contributed by atoms with E-state index in [1.54, 1.807) is 0 Å². The van der Waals surface area contributed by atoms with Gasteiger partial charge in [-0.1, -0.05) is 0 Å². The third-order valence-electron chi connectivity index (χ3n) is 2.57. The molecule has 0 N–H and O–H groups in total. The zero-order valence-electron chi connectivity index (χ0n) is 8.42. The summed E-state index contributed by atoms with van der Waals surface area (Å²) in [5.74, 6) is -0.174. The van der Waals surface area contributed by atoms with Crippen molar-refractivity contribution in [3.8, 4) is 0 Å². The van der Waals surface area contributed by atoms with Crippen molar-refractivity contribution in [2.75, 3.05) is 0 Å². The Labute approximate surface area is 90.5 Å². The van der Waals surface area contributed by atoms with Gasteiger partial charge in [-0.2, -0.15) is 13.2 Å². The maximum Gasteiger partial charge on any atom is 0.418 e. The van der Waals surface area contributed by atoms with E-state index in [0.29, 0.717) is 0 Å².